The molecule has 1 radical (unpaired) electrons. The molecule has 0 aromatic heterocycles. The first kappa shape index (κ1) is 110. The second kappa shape index (κ2) is 76.1. The van der Waals surface area contributed by atoms with E-state index >= 15 is 0 Å². The topological polar surface area (TPSA) is 425 Å². The molecule has 0 amide bonds. The van der Waals surface area contributed by atoms with Crippen molar-refractivity contribution in [3.63, 3.8) is 0 Å². The zero-order valence-electron chi connectivity index (χ0n) is 69.6. The van der Waals surface area contributed by atoms with Crippen molar-refractivity contribution >= 4 is 29.8 Å². The molecular formula is C77H125N3NaO36Tc+. The van der Waals surface area contributed by atoms with Crippen LogP contribution in [0, 0.1) is 0 Å². The summed E-state index contributed by atoms with van der Waals surface area (Å²) in [5, 5.41) is 38.5. The maximum absolute atomic E-state index is 13.9. The number of hydrogen-bond acceptors (Lipinski definition) is 35. The third-order valence-electron chi connectivity index (χ3n) is 15.3. The first-order valence-corrected chi connectivity index (χ1v) is 38.2. The first-order valence-electron chi connectivity index (χ1n) is 38.2. The van der Waals surface area contributed by atoms with Crippen LogP contribution in [0.1, 0.15) is 16.7 Å². The number of hydrogen-bond donors (Lipinski definition) is 4. The van der Waals surface area contributed by atoms with Gasteiger partial charge in [0.25, 0.3) is 0 Å². The molecule has 41 heteroatoms. The first-order chi connectivity index (χ1) is 56.6. The summed E-state index contributed by atoms with van der Waals surface area (Å²) in [6, 6.07) is 11.8. The van der Waals surface area contributed by atoms with Gasteiger partial charge in [-0.2, -0.15) is 0 Å². The van der Waals surface area contributed by atoms with Crippen molar-refractivity contribution in [3.05, 3.63) is 59.2 Å². The minimum absolute atomic E-state index is 0. The predicted octanol–water partition coefficient (Wildman–Crippen LogP) is -0.516. The summed E-state index contributed by atoms with van der Waals surface area (Å²) in [5.74, 6) is -4.02. The van der Waals surface area contributed by atoms with Crippen LogP contribution >= 0.6 is 0 Å². The number of carboxylic acid groups (broad SMARTS) is 4. The number of esters is 1. The number of nitrogens with zero attached hydrogens (tertiary/aromatic N) is 3. The van der Waals surface area contributed by atoms with E-state index in [4.69, 9.17) is 128 Å². The van der Waals surface area contributed by atoms with Crippen LogP contribution in [0.5, 0.6) is 46.0 Å². The fraction of sp³-hybridized carbons (Fsp3) is 0.701. The van der Waals surface area contributed by atoms with Crippen molar-refractivity contribution in [1.29, 1.82) is 0 Å². The third-order valence-corrected chi connectivity index (χ3v) is 15.3. The van der Waals surface area contributed by atoms with Crippen molar-refractivity contribution < 1.29 is 222 Å². The molecule has 118 heavy (non-hydrogen) atoms. The molecule has 0 aliphatic rings. The van der Waals surface area contributed by atoms with Gasteiger partial charge < -0.3 is 148 Å². The van der Waals surface area contributed by atoms with Gasteiger partial charge in [-0.05, 0) is 53.1 Å². The second-order valence-electron chi connectivity index (χ2n) is 24.6. The van der Waals surface area contributed by atoms with Gasteiger partial charge >= 0.3 is 59.4 Å². The molecular weight excluding hydrogens is 1660 g/mol. The molecule has 671 valence electrons. The van der Waals surface area contributed by atoms with E-state index < -0.39 is 69.2 Å². The average Bonchev–Trinajstić information content (AvgIpc) is 0.820. The molecule has 3 aromatic rings. The molecule has 0 bridgehead atoms. The van der Waals surface area contributed by atoms with Crippen LogP contribution in [-0.4, -0.2) is 404 Å². The van der Waals surface area contributed by atoms with Gasteiger partial charge in [-0.25, -0.2) is 0 Å². The Morgan fingerprint density at radius 1 is 0.254 bits per heavy atom. The molecule has 0 aliphatic heterocycles. The Hall–Kier alpha value is -5.78. The maximum Gasteiger partial charge on any atom is 1.00 e. The van der Waals surface area contributed by atoms with Crippen LogP contribution in [0.3, 0.4) is 0 Å². The van der Waals surface area contributed by atoms with Crippen LogP contribution in [-0.2, 0) is 154 Å². The summed E-state index contributed by atoms with van der Waals surface area (Å²) in [6.07, 6.45) is 0. The molecule has 0 atom stereocenters. The van der Waals surface area contributed by atoms with Gasteiger partial charge in [0.05, 0.1) is 231 Å². The number of aliphatic carboxylic acids is 4. The van der Waals surface area contributed by atoms with E-state index in [1.807, 2.05) is 0 Å². The molecule has 0 saturated carbocycles. The standard InChI is InChI=1S/C77H125N3O36.Na.Tc/c1-90-11-17-96-23-29-102-35-41-108-67-49-63(50-68(109-42-36-103-30-24-97-18-12-91-2)76(67)112-45-39-106-33-27-100-21-15-94-5)59-114-65-47-62(61-116-75(89)58-80(57-74(87)88)10-8-78(54-71(81)82)7-9-79(55-72(83)84)56-73(85)86)48-66(53-65)115-60-64-51-69(110-43-37-104-31-25-98-19-13-92-3)77(113-46-40-107-34-28-101-22-16-95-6)70(52-64)111-44-38-105-32-26-99-20-14-93-4;;/h47-53H,7-46,54-61H2,1-6H3,(H,81,82)(H,83,84)(H,85,86)(H,87,88);;/q;+1;. The average molecular weight is 1790 g/mol. The summed E-state index contributed by atoms with van der Waals surface area (Å²) in [6.45, 7) is 5.84. The van der Waals surface area contributed by atoms with Crippen molar-refractivity contribution in [1.82, 2.24) is 14.7 Å². The number of ether oxygens (including phenoxy) is 27. The summed E-state index contributed by atoms with van der Waals surface area (Å²) in [7, 11) is 9.52. The van der Waals surface area contributed by atoms with Crippen LogP contribution in [0.15, 0.2) is 42.5 Å². The normalized spacial score (nSPS) is 11.2. The van der Waals surface area contributed by atoms with E-state index in [2.05, 4.69) is 0 Å². The van der Waals surface area contributed by atoms with E-state index in [0.717, 1.165) is 4.90 Å². The van der Waals surface area contributed by atoms with Gasteiger partial charge in [0, 0.05) is 95.0 Å². The smallest absolute Gasteiger partial charge is 0.489 e. The Balaban J connectivity index is 0.0000348. The fourth-order valence-corrected chi connectivity index (χ4v) is 9.81. The predicted molar refractivity (Wildman–Crippen MR) is 412 cm³/mol. The van der Waals surface area contributed by atoms with E-state index in [1.165, 1.54) is 9.80 Å². The number of rotatable bonds is 84. The second-order valence-corrected chi connectivity index (χ2v) is 24.6. The van der Waals surface area contributed by atoms with Gasteiger partial charge in [0.2, 0.25) is 11.5 Å². The molecule has 39 nitrogen and oxygen atoms in total. The van der Waals surface area contributed by atoms with Crippen LogP contribution in [0.2, 0.25) is 0 Å². The summed E-state index contributed by atoms with van der Waals surface area (Å²) in [5.41, 5.74) is 1.41. The van der Waals surface area contributed by atoms with Gasteiger partial charge in [-0.15, -0.1) is 0 Å². The quantitative estimate of drug-likeness (QED) is 0.0314. The Morgan fingerprint density at radius 2 is 0.466 bits per heavy atom. The molecule has 3 rings (SSSR count). The van der Waals surface area contributed by atoms with Crippen molar-refractivity contribution in [2.24, 2.45) is 0 Å². The van der Waals surface area contributed by atoms with E-state index in [-0.39, 0.29) is 241 Å². The number of carbonyl (C=O) groups is 5. The van der Waals surface area contributed by atoms with Gasteiger partial charge in [0.15, 0.2) is 23.0 Å². The third kappa shape index (κ3) is 59.0. The van der Waals surface area contributed by atoms with Crippen molar-refractivity contribution in [2.45, 2.75) is 19.8 Å². The fourth-order valence-electron chi connectivity index (χ4n) is 9.81. The largest absolute Gasteiger partial charge is 1.00 e. The monoisotopic (exact) mass is 1790 g/mol. The van der Waals surface area contributed by atoms with Crippen LogP contribution in [0.4, 0.5) is 0 Å². The van der Waals surface area contributed by atoms with Crippen LogP contribution in [0.25, 0.3) is 0 Å². The molecule has 4 N–H and O–H groups in total. The SMILES string of the molecule is COCCOCCOCCOc1cc(COc2cc(COC(=O)CN(CCN(CCN(CC(=O)O)CC(=O)O)CC(=O)O)CC(=O)O)cc(OCc3cc(OCCOCCOCCOC)c(OCCOCCOCCOC)c(OCCOCCOCCOC)c3)c2)cc(OCCOCCOCCOC)c1OCCOCCOCCOC.[Na+].[Tc]. The summed E-state index contributed by atoms with van der Waals surface area (Å²) >= 11 is 0. The minimum Gasteiger partial charge on any atom is -0.489 e. The van der Waals surface area contributed by atoms with E-state index in [1.54, 1.807) is 85.1 Å². The Kier molecular flexibility index (Phi) is 71.1. The van der Waals surface area contributed by atoms with Crippen molar-refractivity contribution in [2.75, 3.05) is 339 Å². The summed E-state index contributed by atoms with van der Waals surface area (Å²) < 4.78 is 156. The number of carboxylic acids is 4. The molecule has 3 aromatic carbocycles. The molecule has 0 fully saturated rings. The zero-order chi connectivity index (χ0) is 84.0. The molecule has 0 aliphatic carbocycles. The zero-order valence-corrected chi connectivity index (χ0v) is 73.4. The Labute approximate surface area is 726 Å². The maximum atomic E-state index is 13.9. The van der Waals surface area contributed by atoms with Gasteiger partial charge in [-0.1, -0.05) is 0 Å². The molecule has 0 heterocycles. The van der Waals surface area contributed by atoms with E-state index in [0.29, 0.717) is 149 Å². The van der Waals surface area contributed by atoms with Gasteiger partial charge in [0.1, 0.15) is 71.0 Å². The Bertz CT molecular complexity index is 2770. The Morgan fingerprint density at radius 3 is 0.720 bits per heavy atom. The number of benzene rings is 3. The molecule has 0 saturated heterocycles. The molecule has 0 unspecified atom stereocenters. The molecule has 0 spiro atoms. The van der Waals surface area contributed by atoms with Crippen molar-refractivity contribution in [3.8, 4) is 46.0 Å². The minimum atomic E-state index is -1.31. The number of carbonyl (C=O) groups excluding carboxylic acids is 1. The number of methoxy groups -OCH3 is 6. The van der Waals surface area contributed by atoms with Gasteiger partial charge in [-0.3, -0.25) is 38.7 Å². The van der Waals surface area contributed by atoms with Crippen LogP contribution < -0.4 is 67.5 Å². The summed E-state index contributed by atoms with van der Waals surface area (Å²) in [4.78, 5) is 64.9. The van der Waals surface area contributed by atoms with E-state index in [9.17, 15) is 44.4 Å².